The smallest absolute Gasteiger partial charge is 0.261 e. The zero-order chi connectivity index (χ0) is 19.6. The summed E-state index contributed by atoms with van der Waals surface area (Å²) in [6.45, 7) is 8.03. The molecule has 0 aromatic heterocycles. The highest BCUT2D eigenvalue weighted by Gasteiger charge is 2.35. The fraction of sp³-hybridized carbons (Fsp3) is 0.409. The summed E-state index contributed by atoms with van der Waals surface area (Å²) in [6.07, 6.45) is 0.631. The maximum absolute atomic E-state index is 12.9. The van der Waals surface area contributed by atoms with Crippen LogP contribution in [0.2, 0.25) is 5.02 Å². The molecule has 1 aliphatic heterocycles. The molecule has 0 unspecified atom stereocenters. The second kappa shape index (κ2) is 7.81. The highest BCUT2D eigenvalue weighted by atomic mass is 35.5. The van der Waals surface area contributed by atoms with E-state index in [2.05, 4.69) is 11.4 Å². The van der Waals surface area contributed by atoms with E-state index in [1.807, 2.05) is 52.0 Å². The minimum atomic E-state index is -0.607. The van der Waals surface area contributed by atoms with Crippen molar-refractivity contribution in [3.05, 3.63) is 58.6 Å². The summed E-state index contributed by atoms with van der Waals surface area (Å²) in [5.74, 6) is 1.19. The van der Waals surface area contributed by atoms with Gasteiger partial charge in [0.1, 0.15) is 17.1 Å². The molecule has 1 aliphatic rings. The van der Waals surface area contributed by atoms with Crippen LogP contribution in [0.3, 0.4) is 0 Å². The van der Waals surface area contributed by atoms with Gasteiger partial charge in [0.15, 0.2) is 6.10 Å². The quantitative estimate of drug-likeness (QED) is 0.764. The van der Waals surface area contributed by atoms with Crippen LogP contribution >= 0.6 is 11.6 Å². The number of ether oxygens (including phenoxy) is 2. The maximum atomic E-state index is 12.9. The lowest BCUT2D eigenvalue weighted by molar-refractivity contribution is -0.129. The molecule has 0 aliphatic carbocycles. The van der Waals surface area contributed by atoms with Crippen molar-refractivity contribution >= 4 is 17.5 Å². The monoisotopic (exact) mass is 387 g/mol. The second-order valence-corrected chi connectivity index (χ2v) is 8.02. The molecule has 4 nitrogen and oxygen atoms in total. The third-order valence-electron chi connectivity index (χ3n) is 4.71. The average Bonchev–Trinajstić information content (AvgIpc) is 2.61. The lowest BCUT2D eigenvalue weighted by Crippen LogP contribution is -2.45. The van der Waals surface area contributed by atoms with Crippen LogP contribution in [-0.2, 0) is 4.79 Å². The van der Waals surface area contributed by atoms with Crippen LogP contribution in [0, 0.1) is 6.92 Å². The van der Waals surface area contributed by atoms with Gasteiger partial charge in [-0.1, -0.05) is 48.4 Å². The lowest BCUT2D eigenvalue weighted by atomic mass is 9.88. The van der Waals surface area contributed by atoms with Gasteiger partial charge in [0, 0.05) is 12.0 Å². The van der Waals surface area contributed by atoms with E-state index in [1.165, 1.54) is 0 Å². The number of halogens is 1. The second-order valence-electron chi connectivity index (χ2n) is 7.61. The van der Waals surface area contributed by atoms with E-state index in [0.29, 0.717) is 23.6 Å². The molecule has 144 valence electrons. The topological polar surface area (TPSA) is 47.6 Å². The Bertz CT molecular complexity index is 834. The van der Waals surface area contributed by atoms with Crippen molar-refractivity contribution in [1.82, 2.24) is 5.32 Å². The number of nitrogens with one attached hydrogen (secondary N) is 1. The Morgan fingerprint density at radius 3 is 2.78 bits per heavy atom. The van der Waals surface area contributed by atoms with Gasteiger partial charge in [-0.3, -0.25) is 4.79 Å². The van der Waals surface area contributed by atoms with Gasteiger partial charge < -0.3 is 14.8 Å². The molecule has 2 aromatic carbocycles. The molecule has 2 aromatic rings. The molecule has 27 heavy (non-hydrogen) atoms. The Morgan fingerprint density at radius 1 is 1.33 bits per heavy atom. The van der Waals surface area contributed by atoms with Crippen LogP contribution in [-0.4, -0.2) is 17.6 Å². The molecule has 1 heterocycles. The van der Waals surface area contributed by atoms with E-state index >= 15 is 0 Å². The third kappa shape index (κ3) is 4.56. The van der Waals surface area contributed by atoms with E-state index in [-0.39, 0.29) is 17.6 Å². The molecule has 0 saturated heterocycles. The number of hydrogen-bond donors (Lipinski definition) is 1. The first kappa shape index (κ1) is 19.6. The summed E-state index contributed by atoms with van der Waals surface area (Å²) in [5, 5.41) is 3.66. The molecule has 0 spiro atoms. The van der Waals surface area contributed by atoms with Gasteiger partial charge in [-0.05, 0) is 45.4 Å². The van der Waals surface area contributed by atoms with Crippen LogP contribution in [0.5, 0.6) is 11.5 Å². The number of carbonyl (C=O) groups excluding carboxylic acids is 1. The van der Waals surface area contributed by atoms with Crippen molar-refractivity contribution in [2.24, 2.45) is 0 Å². The number of para-hydroxylation sites is 1. The number of fused-ring (bicyclic) bond motifs is 1. The van der Waals surface area contributed by atoms with Gasteiger partial charge in [0.2, 0.25) is 0 Å². The number of amides is 1. The van der Waals surface area contributed by atoms with Gasteiger partial charge in [-0.2, -0.15) is 0 Å². The molecule has 0 bridgehead atoms. The van der Waals surface area contributed by atoms with Gasteiger partial charge in [0.05, 0.1) is 11.1 Å². The fourth-order valence-corrected chi connectivity index (χ4v) is 3.56. The van der Waals surface area contributed by atoms with Crippen molar-refractivity contribution < 1.29 is 14.3 Å². The minimum Gasteiger partial charge on any atom is -0.487 e. The fourth-order valence-electron chi connectivity index (χ4n) is 3.38. The first-order valence-electron chi connectivity index (χ1n) is 9.30. The predicted octanol–water partition coefficient (Wildman–Crippen LogP) is 5.22. The van der Waals surface area contributed by atoms with E-state index in [9.17, 15) is 4.79 Å². The van der Waals surface area contributed by atoms with Crippen LogP contribution in [0.25, 0.3) is 0 Å². The standard InChI is InChI=1S/C22H26ClNO3/c1-5-18(26-20-9-7-6-8-16(20)23)21(25)24-17-13-22(3,4)27-19-11-10-14(2)12-15(17)19/h6-12,17-18H,5,13H2,1-4H3,(H,24,25)/t17-,18+/m1/s1. The molecular weight excluding hydrogens is 362 g/mol. The zero-order valence-corrected chi connectivity index (χ0v) is 17.0. The SMILES string of the molecule is CC[C@H](Oc1ccccc1Cl)C(=O)N[C@@H]1CC(C)(C)Oc2ccc(C)cc21. The van der Waals surface area contributed by atoms with Gasteiger partial charge in [-0.15, -0.1) is 0 Å². The van der Waals surface area contributed by atoms with Crippen molar-refractivity contribution in [1.29, 1.82) is 0 Å². The molecular formula is C22H26ClNO3. The molecule has 3 rings (SSSR count). The summed E-state index contributed by atoms with van der Waals surface area (Å²) in [5.41, 5.74) is 1.79. The Morgan fingerprint density at radius 2 is 2.07 bits per heavy atom. The van der Waals surface area contributed by atoms with Crippen LogP contribution in [0.1, 0.15) is 50.8 Å². The minimum absolute atomic E-state index is 0.125. The van der Waals surface area contributed by atoms with Gasteiger partial charge >= 0.3 is 0 Å². The van der Waals surface area contributed by atoms with Crippen molar-refractivity contribution in [3.8, 4) is 11.5 Å². The number of hydrogen-bond acceptors (Lipinski definition) is 3. The first-order valence-corrected chi connectivity index (χ1v) is 9.68. The number of aryl methyl sites for hydroxylation is 1. The van der Waals surface area contributed by atoms with E-state index in [4.69, 9.17) is 21.1 Å². The van der Waals surface area contributed by atoms with Crippen LogP contribution in [0.4, 0.5) is 0 Å². The van der Waals surface area contributed by atoms with E-state index < -0.39 is 6.10 Å². The Kier molecular flexibility index (Phi) is 5.66. The van der Waals surface area contributed by atoms with Crippen LogP contribution < -0.4 is 14.8 Å². The van der Waals surface area contributed by atoms with Gasteiger partial charge in [-0.25, -0.2) is 0 Å². The Balaban J connectivity index is 1.80. The molecule has 1 amide bonds. The van der Waals surface area contributed by atoms with E-state index in [0.717, 1.165) is 16.9 Å². The van der Waals surface area contributed by atoms with Crippen LogP contribution in [0.15, 0.2) is 42.5 Å². The Labute approximate surface area is 165 Å². The van der Waals surface area contributed by atoms with Gasteiger partial charge in [0.25, 0.3) is 5.91 Å². The largest absolute Gasteiger partial charge is 0.487 e. The summed E-state index contributed by atoms with van der Waals surface area (Å²) < 4.78 is 12.0. The Hall–Kier alpha value is -2.20. The summed E-state index contributed by atoms with van der Waals surface area (Å²) in [6, 6.07) is 13.1. The summed E-state index contributed by atoms with van der Waals surface area (Å²) >= 11 is 6.17. The van der Waals surface area contributed by atoms with E-state index in [1.54, 1.807) is 12.1 Å². The number of carbonyl (C=O) groups is 1. The third-order valence-corrected chi connectivity index (χ3v) is 5.02. The molecule has 5 heteroatoms. The molecule has 0 radical (unpaired) electrons. The summed E-state index contributed by atoms with van der Waals surface area (Å²) in [7, 11) is 0. The van der Waals surface area contributed by atoms with Crippen molar-refractivity contribution in [3.63, 3.8) is 0 Å². The lowest BCUT2D eigenvalue weighted by Gasteiger charge is -2.38. The van der Waals surface area contributed by atoms with Crippen molar-refractivity contribution in [2.75, 3.05) is 0 Å². The highest BCUT2D eigenvalue weighted by Crippen LogP contribution is 2.40. The maximum Gasteiger partial charge on any atom is 0.261 e. The number of rotatable bonds is 5. The molecule has 2 atom stereocenters. The first-order chi connectivity index (χ1) is 12.8. The predicted molar refractivity (Wildman–Crippen MR) is 108 cm³/mol. The molecule has 0 fully saturated rings. The highest BCUT2D eigenvalue weighted by molar-refractivity contribution is 6.32. The average molecular weight is 388 g/mol. The normalized spacial score (nSPS) is 18.8. The van der Waals surface area contributed by atoms with Crippen molar-refractivity contribution in [2.45, 2.75) is 58.3 Å². The summed E-state index contributed by atoms with van der Waals surface area (Å²) in [4.78, 5) is 12.9. The molecule has 0 saturated carbocycles. The molecule has 1 N–H and O–H groups in total. The number of benzene rings is 2. The zero-order valence-electron chi connectivity index (χ0n) is 16.2.